The first-order valence-corrected chi connectivity index (χ1v) is 8.02. The SMILES string of the molecule is CCC(O)CC1C(C)=CC2CCCCC2C1C(=O)OC. The van der Waals surface area contributed by atoms with Crippen LogP contribution in [0.4, 0.5) is 0 Å². The van der Waals surface area contributed by atoms with Crippen LogP contribution in [-0.4, -0.2) is 24.3 Å². The topological polar surface area (TPSA) is 46.5 Å². The summed E-state index contributed by atoms with van der Waals surface area (Å²) in [5, 5.41) is 10.0. The van der Waals surface area contributed by atoms with Crippen molar-refractivity contribution in [1.29, 1.82) is 0 Å². The van der Waals surface area contributed by atoms with E-state index in [1.165, 1.54) is 31.9 Å². The van der Waals surface area contributed by atoms with Gasteiger partial charge in [0.15, 0.2) is 0 Å². The number of rotatable bonds is 4. The maximum Gasteiger partial charge on any atom is 0.309 e. The Balaban J connectivity index is 2.27. The van der Waals surface area contributed by atoms with Crippen LogP contribution in [0.1, 0.15) is 52.4 Å². The van der Waals surface area contributed by atoms with E-state index in [1.54, 1.807) is 0 Å². The lowest BCUT2D eigenvalue weighted by Gasteiger charge is -2.43. The molecule has 3 nitrogen and oxygen atoms in total. The van der Waals surface area contributed by atoms with Gasteiger partial charge in [0.25, 0.3) is 0 Å². The van der Waals surface area contributed by atoms with Crippen LogP contribution in [0.2, 0.25) is 0 Å². The van der Waals surface area contributed by atoms with Crippen LogP contribution in [-0.2, 0) is 9.53 Å². The van der Waals surface area contributed by atoms with Crippen LogP contribution >= 0.6 is 0 Å². The van der Waals surface area contributed by atoms with Crippen molar-refractivity contribution in [3.63, 3.8) is 0 Å². The molecule has 1 N–H and O–H groups in total. The number of esters is 1. The van der Waals surface area contributed by atoms with Crippen LogP contribution in [0, 0.1) is 23.7 Å². The van der Waals surface area contributed by atoms with Gasteiger partial charge in [0.05, 0.1) is 19.1 Å². The van der Waals surface area contributed by atoms with Crippen molar-refractivity contribution in [1.82, 2.24) is 0 Å². The Hall–Kier alpha value is -0.830. The van der Waals surface area contributed by atoms with Gasteiger partial charge in [-0.15, -0.1) is 0 Å². The number of hydrogen-bond donors (Lipinski definition) is 1. The standard InChI is InChI=1S/C17H28O3/c1-4-13(18)10-15-11(2)9-12-7-5-6-8-14(12)16(15)17(19)20-3/h9,12-16,18H,4-8,10H2,1-3H3. The maximum absolute atomic E-state index is 12.3. The molecule has 2 aliphatic carbocycles. The predicted molar refractivity (Wildman–Crippen MR) is 79.1 cm³/mol. The highest BCUT2D eigenvalue weighted by Crippen LogP contribution is 2.47. The fourth-order valence-corrected chi connectivity index (χ4v) is 4.15. The van der Waals surface area contributed by atoms with E-state index in [1.807, 2.05) is 6.92 Å². The predicted octanol–water partition coefficient (Wildman–Crippen LogP) is 3.32. The molecule has 0 aromatic heterocycles. The fourth-order valence-electron chi connectivity index (χ4n) is 4.15. The molecule has 114 valence electrons. The number of methoxy groups -OCH3 is 1. The van der Waals surface area contributed by atoms with Crippen molar-refractivity contribution >= 4 is 5.97 Å². The second-order valence-corrected chi connectivity index (χ2v) is 6.48. The summed E-state index contributed by atoms with van der Waals surface area (Å²) in [4.78, 5) is 12.3. The zero-order valence-corrected chi connectivity index (χ0v) is 13.0. The largest absolute Gasteiger partial charge is 0.469 e. The highest BCUT2D eigenvalue weighted by Gasteiger charge is 2.44. The Morgan fingerprint density at radius 3 is 2.80 bits per heavy atom. The number of carbonyl (C=O) groups excluding carboxylic acids is 1. The van der Waals surface area contributed by atoms with E-state index in [0.29, 0.717) is 18.3 Å². The minimum Gasteiger partial charge on any atom is -0.469 e. The average Bonchev–Trinajstić information content (AvgIpc) is 2.47. The van der Waals surface area contributed by atoms with E-state index in [2.05, 4.69) is 13.0 Å². The Labute approximate surface area is 122 Å². The van der Waals surface area contributed by atoms with Gasteiger partial charge in [0.2, 0.25) is 0 Å². The van der Waals surface area contributed by atoms with Gasteiger partial charge in [-0.2, -0.15) is 0 Å². The van der Waals surface area contributed by atoms with E-state index < -0.39 is 0 Å². The summed E-state index contributed by atoms with van der Waals surface area (Å²) < 4.78 is 5.08. The normalized spacial score (nSPS) is 34.9. The first kappa shape index (κ1) is 15.6. The number of carbonyl (C=O) groups is 1. The van der Waals surface area contributed by atoms with Crippen molar-refractivity contribution in [3.05, 3.63) is 11.6 Å². The maximum atomic E-state index is 12.3. The molecule has 0 aliphatic heterocycles. The first-order valence-electron chi connectivity index (χ1n) is 8.02. The second kappa shape index (κ2) is 6.75. The number of hydrogen-bond acceptors (Lipinski definition) is 3. The molecule has 2 rings (SSSR count). The van der Waals surface area contributed by atoms with Crippen LogP contribution in [0.3, 0.4) is 0 Å². The van der Waals surface area contributed by atoms with E-state index >= 15 is 0 Å². The van der Waals surface area contributed by atoms with Gasteiger partial charge < -0.3 is 9.84 Å². The zero-order chi connectivity index (χ0) is 14.7. The van der Waals surface area contributed by atoms with Crippen LogP contribution < -0.4 is 0 Å². The van der Waals surface area contributed by atoms with Gasteiger partial charge in [-0.3, -0.25) is 4.79 Å². The molecule has 2 aliphatic rings. The zero-order valence-electron chi connectivity index (χ0n) is 13.0. The second-order valence-electron chi connectivity index (χ2n) is 6.48. The van der Waals surface area contributed by atoms with Crippen molar-refractivity contribution in [2.75, 3.05) is 7.11 Å². The summed E-state index contributed by atoms with van der Waals surface area (Å²) in [5.74, 6) is 0.952. The third kappa shape index (κ3) is 3.08. The fraction of sp³-hybridized carbons (Fsp3) is 0.824. The molecule has 0 saturated heterocycles. The number of ether oxygens (including phenoxy) is 1. The van der Waals surface area contributed by atoms with E-state index in [0.717, 1.165) is 12.8 Å². The lowest BCUT2D eigenvalue weighted by Crippen LogP contribution is -2.41. The summed E-state index contributed by atoms with van der Waals surface area (Å²) in [6.07, 6.45) is 8.26. The van der Waals surface area contributed by atoms with Gasteiger partial charge in [0.1, 0.15) is 0 Å². The summed E-state index contributed by atoms with van der Waals surface area (Å²) in [6, 6.07) is 0. The molecule has 0 aromatic rings. The summed E-state index contributed by atoms with van der Waals surface area (Å²) in [7, 11) is 1.49. The minimum atomic E-state index is -0.323. The summed E-state index contributed by atoms with van der Waals surface area (Å²) >= 11 is 0. The average molecular weight is 280 g/mol. The first-order chi connectivity index (χ1) is 9.58. The monoisotopic (exact) mass is 280 g/mol. The summed E-state index contributed by atoms with van der Waals surface area (Å²) in [6.45, 7) is 4.11. The smallest absolute Gasteiger partial charge is 0.309 e. The molecule has 0 radical (unpaired) electrons. The van der Waals surface area contributed by atoms with Gasteiger partial charge in [-0.25, -0.2) is 0 Å². The number of allylic oxidation sites excluding steroid dienone is 2. The molecule has 20 heavy (non-hydrogen) atoms. The van der Waals surface area contributed by atoms with Gasteiger partial charge in [-0.1, -0.05) is 31.4 Å². The molecule has 0 spiro atoms. The molecule has 0 amide bonds. The molecule has 3 heteroatoms. The van der Waals surface area contributed by atoms with E-state index in [-0.39, 0.29) is 23.9 Å². The van der Waals surface area contributed by atoms with Crippen LogP contribution in [0.15, 0.2) is 11.6 Å². The van der Waals surface area contributed by atoms with Crippen LogP contribution in [0.5, 0.6) is 0 Å². The van der Waals surface area contributed by atoms with Crippen molar-refractivity contribution in [3.8, 4) is 0 Å². The molecular formula is C17H28O3. The molecule has 5 atom stereocenters. The molecule has 1 fully saturated rings. The molecule has 0 bridgehead atoms. The number of aliphatic hydroxyl groups excluding tert-OH is 1. The lowest BCUT2D eigenvalue weighted by molar-refractivity contribution is -0.151. The quantitative estimate of drug-likeness (QED) is 0.635. The van der Waals surface area contributed by atoms with Crippen molar-refractivity contribution < 1.29 is 14.6 Å². The van der Waals surface area contributed by atoms with Crippen molar-refractivity contribution in [2.24, 2.45) is 23.7 Å². The van der Waals surface area contributed by atoms with Crippen LogP contribution in [0.25, 0.3) is 0 Å². The third-order valence-corrected chi connectivity index (χ3v) is 5.30. The Bertz CT molecular complexity index is 374. The highest BCUT2D eigenvalue weighted by atomic mass is 16.5. The van der Waals surface area contributed by atoms with Crippen molar-refractivity contribution in [2.45, 2.75) is 58.5 Å². The van der Waals surface area contributed by atoms with E-state index in [9.17, 15) is 9.90 Å². The molecule has 0 aromatic carbocycles. The Kier molecular flexibility index (Phi) is 5.25. The molecule has 1 saturated carbocycles. The highest BCUT2D eigenvalue weighted by molar-refractivity contribution is 5.74. The lowest BCUT2D eigenvalue weighted by atomic mass is 9.61. The minimum absolute atomic E-state index is 0.0588. The molecular weight excluding hydrogens is 252 g/mol. The van der Waals surface area contributed by atoms with E-state index in [4.69, 9.17) is 4.74 Å². The summed E-state index contributed by atoms with van der Waals surface area (Å²) in [5.41, 5.74) is 1.27. The van der Waals surface area contributed by atoms with Gasteiger partial charge >= 0.3 is 5.97 Å². The molecule has 0 heterocycles. The third-order valence-electron chi connectivity index (χ3n) is 5.30. The van der Waals surface area contributed by atoms with Gasteiger partial charge in [-0.05, 0) is 50.4 Å². The molecule has 5 unspecified atom stereocenters. The Morgan fingerprint density at radius 1 is 1.45 bits per heavy atom. The number of aliphatic hydroxyl groups is 1. The Morgan fingerprint density at radius 2 is 2.15 bits per heavy atom. The van der Waals surface area contributed by atoms with Gasteiger partial charge in [0, 0.05) is 0 Å². The number of fused-ring (bicyclic) bond motifs is 1.